The molecule has 0 spiro atoms. The Morgan fingerprint density at radius 1 is 1.33 bits per heavy atom. The molecule has 0 radical (unpaired) electrons. The molecular formula is C6H14N2S. The summed E-state index contributed by atoms with van der Waals surface area (Å²) in [5, 5.41) is 0. The van der Waals surface area contributed by atoms with Gasteiger partial charge in [-0.15, -0.1) is 0 Å². The summed E-state index contributed by atoms with van der Waals surface area (Å²) in [6, 6.07) is 0. The van der Waals surface area contributed by atoms with E-state index >= 15 is 0 Å². The predicted octanol–water partition coefficient (Wildman–Crippen LogP) is 1.16. The molecule has 0 aliphatic carbocycles. The minimum Gasteiger partial charge on any atom is -0.251 e. The van der Waals surface area contributed by atoms with Gasteiger partial charge in [0.15, 0.2) is 0 Å². The first-order valence-corrected chi connectivity index (χ1v) is 4.14. The van der Waals surface area contributed by atoms with E-state index in [1.807, 2.05) is 0 Å². The second-order valence-corrected chi connectivity index (χ2v) is 4.01. The summed E-state index contributed by atoms with van der Waals surface area (Å²) in [6.07, 6.45) is 1.26. The van der Waals surface area contributed by atoms with Crippen molar-refractivity contribution in [3.63, 3.8) is 0 Å². The molecule has 1 aliphatic rings. The second kappa shape index (κ2) is 2.90. The molecule has 0 aromatic rings. The van der Waals surface area contributed by atoms with E-state index in [0.717, 1.165) is 13.1 Å². The quantitative estimate of drug-likeness (QED) is 0.501. The monoisotopic (exact) mass is 146 g/mol. The van der Waals surface area contributed by atoms with Crippen molar-refractivity contribution in [2.75, 3.05) is 13.1 Å². The lowest BCUT2D eigenvalue weighted by Gasteiger charge is -2.20. The number of hydrogen-bond donors (Lipinski definition) is 2. The van der Waals surface area contributed by atoms with Gasteiger partial charge < -0.3 is 0 Å². The molecule has 0 bridgehead atoms. The Bertz CT molecular complexity index is 83.1. The van der Waals surface area contributed by atoms with Gasteiger partial charge in [0.2, 0.25) is 0 Å². The van der Waals surface area contributed by atoms with Crippen LogP contribution in [0.4, 0.5) is 0 Å². The van der Waals surface area contributed by atoms with Gasteiger partial charge in [-0.2, -0.15) is 0 Å². The maximum absolute atomic E-state index is 3.24. The first-order chi connectivity index (χ1) is 4.21. The fourth-order valence-electron chi connectivity index (χ4n) is 0.811. The fourth-order valence-corrected chi connectivity index (χ4v) is 1.58. The number of rotatable bonds is 0. The Kier molecular flexibility index (Phi) is 2.38. The molecule has 54 valence electrons. The van der Waals surface area contributed by atoms with E-state index in [1.54, 1.807) is 12.1 Å². The van der Waals surface area contributed by atoms with E-state index in [4.69, 9.17) is 0 Å². The van der Waals surface area contributed by atoms with Gasteiger partial charge >= 0.3 is 0 Å². The van der Waals surface area contributed by atoms with Crippen molar-refractivity contribution in [2.45, 2.75) is 20.3 Å². The van der Waals surface area contributed by atoms with E-state index < -0.39 is 0 Å². The van der Waals surface area contributed by atoms with Crippen LogP contribution in [0.15, 0.2) is 0 Å². The van der Waals surface area contributed by atoms with Gasteiger partial charge in [-0.05, 0) is 11.8 Å². The first kappa shape index (κ1) is 7.38. The van der Waals surface area contributed by atoms with Gasteiger partial charge in [-0.25, -0.2) is 0 Å². The van der Waals surface area contributed by atoms with Crippen LogP contribution in [-0.2, 0) is 0 Å². The standard InChI is InChI=1S/C6H14N2S/c1-6(2)3-4-7-9-8-5-6/h7-8H,3-5H2,1-2H3. The lowest BCUT2D eigenvalue weighted by atomic mass is 9.90. The average molecular weight is 146 g/mol. The summed E-state index contributed by atoms with van der Waals surface area (Å²) < 4.78 is 6.45. The highest BCUT2D eigenvalue weighted by atomic mass is 32.2. The molecule has 2 N–H and O–H groups in total. The predicted molar refractivity (Wildman–Crippen MR) is 42.0 cm³/mol. The molecule has 2 nitrogen and oxygen atoms in total. The molecule has 1 fully saturated rings. The van der Waals surface area contributed by atoms with E-state index in [0.29, 0.717) is 5.41 Å². The molecular weight excluding hydrogens is 132 g/mol. The van der Waals surface area contributed by atoms with Gasteiger partial charge in [0.25, 0.3) is 0 Å². The zero-order chi connectivity index (χ0) is 6.74. The van der Waals surface area contributed by atoms with Crippen LogP contribution >= 0.6 is 12.1 Å². The van der Waals surface area contributed by atoms with Crippen LogP contribution in [0.2, 0.25) is 0 Å². The van der Waals surface area contributed by atoms with Crippen LogP contribution in [0.1, 0.15) is 20.3 Å². The Hall–Kier alpha value is 0.270. The van der Waals surface area contributed by atoms with Crippen LogP contribution in [0.25, 0.3) is 0 Å². The summed E-state index contributed by atoms with van der Waals surface area (Å²) in [6.45, 7) is 6.79. The van der Waals surface area contributed by atoms with Gasteiger partial charge in [0, 0.05) is 25.2 Å². The second-order valence-electron chi connectivity index (χ2n) is 3.23. The summed E-state index contributed by atoms with van der Waals surface area (Å²) in [5.41, 5.74) is 0.469. The molecule has 1 rings (SSSR count). The summed E-state index contributed by atoms with van der Waals surface area (Å²) in [5.74, 6) is 0. The maximum Gasteiger partial charge on any atom is 0.0122 e. The number of nitrogens with one attached hydrogen (secondary N) is 2. The Labute approximate surface area is 61.1 Å². The Morgan fingerprint density at radius 2 is 2.11 bits per heavy atom. The topological polar surface area (TPSA) is 24.1 Å². The molecule has 1 aliphatic heterocycles. The van der Waals surface area contributed by atoms with Crippen molar-refractivity contribution in [1.29, 1.82) is 0 Å². The minimum absolute atomic E-state index is 0.469. The molecule has 0 atom stereocenters. The van der Waals surface area contributed by atoms with Crippen LogP contribution in [-0.4, -0.2) is 13.1 Å². The van der Waals surface area contributed by atoms with Gasteiger partial charge in [0.1, 0.15) is 0 Å². The first-order valence-electron chi connectivity index (χ1n) is 3.32. The van der Waals surface area contributed by atoms with Crippen molar-refractivity contribution in [3.8, 4) is 0 Å². The molecule has 0 aromatic heterocycles. The van der Waals surface area contributed by atoms with Gasteiger partial charge in [0.05, 0.1) is 0 Å². The van der Waals surface area contributed by atoms with Crippen molar-refractivity contribution in [1.82, 2.24) is 9.44 Å². The van der Waals surface area contributed by atoms with E-state index in [2.05, 4.69) is 23.3 Å². The van der Waals surface area contributed by atoms with E-state index in [9.17, 15) is 0 Å². The lowest BCUT2D eigenvalue weighted by Crippen LogP contribution is -2.23. The summed E-state index contributed by atoms with van der Waals surface area (Å²) >= 11 is 1.62. The highest BCUT2D eigenvalue weighted by molar-refractivity contribution is 7.95. The third-order valence-corrected chi connectivity index (χ3v) is 2.24. The summed E-state index contributed by atoms with van der Waals surface area (Å²) in [4.78, 5) is 0. The van der Waals surface area contributed by atoms with Crippen LogP contribution in [0.3, 0.4) is 0 Å². The molecule has 3 heteroatoms. The van der Waals surface area contributed by atoms with E-state index in [-0.39, 0.29) is 0 Å². The van der Waals surface area contributed by atoms with Crippen LogP contribution in [0, 0.1) is 5.41 Å². The third-order valence-electron chi connectivity index (χ3n) is 1.60. The number of hydrogen-bond acceptors (Lipinski definition) is 3. The van der Waals surface area contributed by atoms with Crippen LogP contribution < -0.4 is 9.44 Å². The molecule has 1 saturated heterocycles. The molecule has 0 unspecified atom stereocenters. The highest BCUT2D eigenvalue weighted by Crippen LogP contribution is 2.20. The zero-order valence-electron chi connectivity index (χ0n) is 6.03. The Balaban J connectivity index is 2.36. The largest absolute Gasteiger partial charge is 0.251 e. The average Bonchev–Trinajstić information content (AvgIpc) is 1.92. The van der Waals surface area contributed by atoms with Crippen molar-refractivity contribution in [2.24, 2.45) is 5.41 Å². The smallest absolute Gasteiger partial charge is 0.0122 e. The molecule has 0 amide bonds. The molecule has 0 saturated carbocycles. The van der Waals surface area contributed by atoms with Crippen molar-refractivity contribution < 1.29 is 0 Å². The normalized spacial score (nSPS) is 27.3. The third kappa shape index (κ3) is 2.56. The van der Waals surface area contributed by atoms with Crippen LogP contribution in [0.5, 0.6) is 0 Å². The SMILES string of the molecule is CC1(C)CCNSNC1. The summed E-state index contributed by atoms with van der Waals surface area (Å²) in [7, 11) is 0. The van der Waals surface area contributed by atoms with Gasteiger partial charge in [-0.1, -0.05) is 13.8 Å². The lowest BCUT2D eigenvalue weighted by molar-refractivity contribution is 0.348. The fraction of sp³-hybridized carbons (Fsp3) is 1.00. The highest BCUT2D eigenvalue weighted by Gasteiger charge is 2.18. The molecule has 0 aromatic carbocycles. The molecule has 9 heavy (non-hydrogen) atoms. The molecule has 1 heterocycles. The zero-order valence-corrected chi connectivity index (χ0v) is 6.85. The Morgan fingerprint density at radius 3 is 2.89 bits per heavy atom. The van der Waals surface area contributed by atoms with Crippen molar-refractivity contribution in [3.05, 3.63) is 0 Å². The van der Waals surface area contributed by atoms with Crippen molar-refractivity contribution >= 4 is 12.1 Å². The minimum atomic E-state index is 0.469. The maximum atomic E-state index is 3.24. The van der Waals surface area contributed by atoms with E-state index in [1.165, 1.54) is 6.42 Å². The van der Waals surface area contributed by atoms with Gasteiger partial charge in [-0.3, -0.25) is 9.44 Å².